The number of likely N-dealkylation sites (tertiary alicyclic amines) is 1. The molecule has 134 valence electrons. The summed E-state index contributed by atoms with van der Waals surface area (Å²) in [5, 5.41) is 8.91. The monoisotopic (exact) mass is 347 g/mol. The van der Waals surface area contributed by atoms with Gasteiger partial charge in [-0.2, -0.15) is 5.26 Å². The Morgan fingerprint density at radius 1 is 1.08 bits per heavy atom. The summed E-state index contributed by atoms with van der Waals surface area (Å²) in [4.78, 5) is 13.9. The van der Waals surface area contributed by atoms with Gasteiger partial charge in [0.1, 0.15) is 12.1 Å². The van der Waals surface area contributed by atoms with E-state index in [0.717, 1.165) is 49.8 Å². The zero-order valence-electron chi connectivity index (χ0n) is 15.5. The van der Waals surface area contributed by atoms with Gasteiger partial charge in [0.25, 0.3) is 0 Å². The van der Waals surface area contributed by atoms with Crippen LogP contribution < -0.4 is 4.90 Å². The quantitative estimate of drug-likeness (QED) is 0.851. The maximum absolute atomic E-state index is 8.91. The van der Waals surface area contributed by atoms with Crippen LogP contribution in [0.15, 0.2) is 36.7 Å². The minimum absolute atomic E-state index is 0.432. The average Bonchev–Trinajstić information content (AvgIpc) is 3.21. The third kappa shape index (κ3) is 3.42. The highest BCUT2D eigenvalue weighted by atomic mass is 15.3. The lowest BCUT2D eigenvalue weighted by atomic mass is 10.0. The van der Waals surface area contributed by atoms with E-state index in [1.165, 1.54) is 5.56 Å². The normalized spacial score (nSPS) is 22.6. The van der Waals surface area contributed by atoms with E-state index in [1.54, 1.807) is 6.33 Å². The van der Waals surface area contributed by atoms with Crippen molar-refractivity contribution in [1.29, 1.82) is 5.26 Å². The lowest BCUT2D eigenvalue weighted by molar-refractivity contribution is 0.309. The van der Waals surface area contributed by atoms with Gasteiger partial charge in [-0.25, -0.2) is 9.97 Å². The number of nitriles is 1. The molecular weight excluding hydrogens is 322 g/mol. The van der Waals surface area contributed by atoms with Gasteiger partial charge in [-0.15, -0.1) is 0 Å². The summed E-state index contributed by atoms with van der Waals surface area (Å²) in [6, 6.07) is 12.3. The highest BCUT2D eigenvalue weighted by Crippen LogP contribution is 2.34. The van der Waals surface area contributed by atoms with E-state index in [4.69, 9.17) is 5.26 Å². The van der Waals surface area contributed by atoms with E-state index < -0.39 is 0 Å². The van der Waals surface area contributed by atoms with E-state index in [9.17, 15) is 0 Å². The van der Waals surface area contributed by atoms with Crippen LogP contribution in [0.3, 0.4) is 0 Å². The second-order valence-electron chi connectivity index (χ2n) is 7.88. The SMILES string of the molecule is CC(C)c1cc(N2CC3CN(Cc4ccc(C#N)cc4)CC3C2)ncn1. The van der Waals surface area contributed by atoms with Crippen LogP contribution in [-0.2, 0) is 6.54 Å². The fraction of sp³-hybridized carbons (Fsp3) is 0.476. The third-order valence-corrected chi connectivity index (χ3v) is 5.64. The van der Waals surface area contributed by atoms with Crippen LogP contribution in [0, 0.1) is 23.2 Å². The van der Waals surface area contributed by atoms with Crippen molar-refractivity contribution >= 4 is 5.82 Å². The number of fused-ring (bicyclic) bond motifs is 1. The van der Waals surface area contributed by atoms with E-state index in [0.29, 0.717) is 17.8 Å². The molecule has 1 aromatic carbocycles. The van der Waals surface area contributed by atoms with Crippen molar-refractivity contribution in [3.8, 4) is 6.07 Å². The minimum Gasteiger partial charge on any atom is -0.356 e. The van der Waals surface area contributed by atoms with Crippen LogP contribution in [0.2, 0.25) is 0 Å². The molecule has 2 aromatic rings. The summed E-state index contributed by atoms with van der Waals surface area (Å²) in [7, 11) is 0. The Labute approximate surface area is 155 Å². The Hall–Kier alpha value is -2.45. The smallest absolute Gasteiger partial charge is 0.132 e. The number of anilines is 1. The first kappa shape index (κ1) is 17.0. The molecule has 0 N–H and O–H groups in total. The summed E-state index contributed by atoms with van der Waals surface area (Å²) in [5.74, 6) is 2.94. The average molecular weight is 347 g/mol. The molecule has 2 fully saturated rings. The van der Waals surface area contributed by atoms with E-state index in [1.807, 2.05) is 12.1 Å². The Bertz CT molecular complexity index is 794. The van der Waals surface area contributed by atoms with Crippen molar-refractivity contribution in [3.05, 3.63) is 53.5 Å². The maximum atomic E-state index is 8.91. The zero-order valence-corrected chi connectivity index (χ0v) is 15.5. The number of rotatable bonds is 4. The third-order valence-electron chi connectivity index (χ3n) is 5.64. The van der Waals surface area contributed by atoms with Gasteiger partial charge in [-0.05, 0) is 35.4 Å². The molecular formula is C21H25N5. The molecule has 2 aliphatic rings. The van der Waals surface area contributed by atoms with Crippen molar-refractivity contribution in [3.63, 3.8) is 0 Å². The van der Waals surface area contributed by atoms with Crippen LogP contribution in [-0.4, -0.2) is 41.0 Å². The molecule has 0 aliphatic carbocycles. The number of aromatic nitrogens is 2. The van der Waals surface area contributed by atoms with Crippen molar-refractivity contribution in [2.45, 2.75) is 26.3 Å². The minimum atomic E-state index is 0.432. The molecule has 2 saturated heterocycles. The molecule has 0 saturated carbocycles. The van der Waals surface area contributed by atoms with Crippen LogP contribution in [0.5, 0.6) is 0 Å². The molecule has 4 rings (SSSR count). The van der Waals surface area contributed by atoms with Gasteiger partial charge in [-0.1, -0.05) is 26.0 Å². The first-order chi connectivity index (χ1) is 12.6. The standard InChI is InChI=1S/C21H25N5/c1-15(2)20-7-21(24-14-23-20)26-12-18-10-25(11-19(18)13-26)9-17-5-3-16(8-22)4-6-17/h3-7,14-15,18-19H,9-13H2,1-2H3. The van der Waals surface area contributed by atoms with Gasteiger partial charge in [0.2, 0.25) is 0 Å². The first-order valence-electron chi connectivity index (χ1n) is 9.40. The van der Waals surface area contributed by atoms with Gasteiger partial charge in [0.05, 0.1) is 11.6 Å². The summed E-state index contributed by atoms with van der Waals surface area (Å²) < 4.78 is 0. The van der Waals surface area contributed by atoms with Gasteiger partial charge in [0.15, 0.2) is 0 Å². The van der Waals surface area contributed by atoms with Crippen molar-refractivity contribution in [2.24, 2.45) is 11.8 Å². The van der Waals surface area contributed by atoms with Gasteiger partial charge in [-0.3, -0.25) is 4.90 Å². The summed E-state index contributed by atoms with van der Waals surface area (Å²) in [6.45, 7) is 9.78. The second-order valence-corrected chi connectivity index (χ2v) is 7.88. The molecule has 26 heavy (non-hydrogen) atoms. The van der Waals surface area contributed by atoms with Crippen LogP contribution >= 0.6 is 0 Å². The zero-order chi connectivity index (χ0) is 18.1. The van der Waals surface area contributed by atoms with E-state index in [2.05, 4.69) is 57.9 Å². The fourth-order valence-corrected chi connectivity index (χ4v) is 4.20. The lowest BCUT2D eigenvalue weighted by Crippen LogP contribution is -2.29. The van der Waals surface area contributed by atoms with Crippen LogP contribution in [0.4, 0.5) is 5.82 Å². The topological polar surface area (TPSA) is 56.0 Å². The maximum Gasteiger partial charge on any atom is 0.132 e. The number of hydrogen-bond acceptors (Lipinski definition) is 5. The summed E-state index contributed by atoms with van der Waals surface area (Å²) >= 11 is 0. The largest absolute Gasteiger partial charge is 0.356 e. The van der Waals surface area contributed by atoms with Crippen molar-refractivity contribution in [1.82, 2.24) is 14.9 Å². The second kappa shape index (κ2) is 7.05. The van der Waals surface area contributed by atoms with Crippen LogP contribution in [0.25, 0.3) is 0 Å². The lowest BCUT2D eigenvalue weighted by Gasteiger charge is -2.22. The molecule has 5 nitrogen and oxygen atoms in total. The van der Waals surface area contributed by atoms with Gasteiger partial charge < -0.3 is 4.90 Å². The Morgan fingerprint density at radius 2 is 1.77 bits per heavy atom. The molecule has 0 radical (unpaired) electrons. The molecule has 0 bridgehead atoms. The molecule has 2 unspecified atom stereocenters. The van der Waals surface area contributed by atoms with E-state index in [-0.39, 0.29) is 0 Å². The summed E-state index contributed by atoms with van der Waals surface area (Å²) in [6.07, 6.45) is 1.70. The molecule has 3 heterocycles. The van der Waals surface area contributed by atoms with E-state index >= 15 is 0 Å². The Balaban J connectivity index is 1.36. The first-order valence-corrected chi connectivity index (χ1v) is 9.40. The molecule has 5 heteroatoms. The van der Waals surface area contributed by atoms with Gasteiger partial charge in [0, 0.05) is 44.5 Å². The number of nitrogens with zero attached hydrogens (tertiary/aromatic N) is 5. The number of benzene rings is 1. The predicted octanol–water partition coefficient (Wildman–Crippen LogP) is 3.04. The predicted molar refractivity (Wildman–Crippen MR) is 102 cm³/mol. The molecule has 0 amide bonds. The Kier molecular flexibility index (Phi) is 4.60. The number of hydrogen-bond donors (Lipinski definition) is 0. The van der Waals surface area contributed by atoms with Crippen molar-refractivity contribution < 1.29 is 0 Å². The highest BCUT2D eigenvalue weighted by molar-refractivity contribution is 5.41. The van der Waals surface area contributed by atoms with Crippen molar-refractivity contribution in [2.75, 3.05) is 31.1 Å². The molecule has 2 aliphatic heterocycles. The summed E-state index contributed by atoms with van der Waals surface area (Å²) in [5.41, 5.74) is 3.14. The molecule has 0 spiro atoms. The molecule has 1 aromatic heterocycles. The fourth-order valence-electron chi connectivity index (χ4n) is 4.20. The van der Waals surface area contributed by atoms with Gasteiger partial charge >= 0.3 is 0 Å². The highest BCUT2D eigenvalue weighted by Gasteiger charge is 2.40. The molecule has 2 atom stereocenters. The van der Waals surface area contributed by atoms with Crippen LogP contribution in [0.1, 0.15) is 36.6 Å². The Morgan fingerprint density at radius 3 is 2.38 bits per heavy atom.